The van der Waals surface area contributed by atoms with E-state index in [0.29, 0.717) is 17.1 Å². The Bertz CT molecular complexity index is 468. The van der Waals surface area contributed by atoms with Crippen LogP contribution >= 0.6 is 31.9 Å². The molecule has 0 aliphatic carbocycles. The molecule has 19 heavy (non-hydrogen) atoms. The topological polar surface area (TPSA) is 29.1 Å². The van der Waals surface area contributed by atoms with Crippen molar-refractivity contribution in [2.75, 3.05) is 10.7 Å². The third-order valence-electron chi connectivity index (χ3n) is 3.08. The molecule has 0 aliphatic rings. The van der Waals surface area contributed by atoms with Crippen LogP contribution in [0.2, 0.25) is 0 Å². The Hall–Kier alpha value is -0.490. The predicted molar refractivity (Wildman–Crippen MR) is 79.2 cm³/mol. The van der Waals surface area contributed by atoms with Crippen molar-refractivity contribution in [1.29, 1.82) is 0 Å². The van der Waals surface area contributed by atoms with Crippen LogP contribution in [0.25, 0.3) is 0 Å². The van der Waals surface area contributed by atoms with E-state index < -0.39 is 28.6 Å². The molecule has 1 rings (SSSR count). The number of nitrogens with one attached hydrogen (secondary N) is 1. The summed E-state index contributed by atoms with van der Waals surface area (Å²) < 4.78 is 27.5. The van der Waals surface area contributed by atoms with E-state index in [1.807, 2.05) is 6.92 Å². The van der Waals surface area contributed by atoms with Gasteiger partial charge in [0.05, 0.1) is 5.54 Å². The van der Waals surface area contributed by atoms with Gasteiger partial charge < -0.3 is 5.32 Å². The maximum absolute atomic E-state index is 13.9. The number of alkyl halides is 2. The van der Waals surface area contributed by atoms with Crippen LogP contribution in [0.15, 0.2) is 12.1 Å². The van der Waals surface area contributed by atoms with Crippen LogP contribution in [-0.2, 0) is 0 Å². The van der Waals surface area contributed by atoms with Crippen LogP contribution in [0, 0.1) is 18.6 Å². The second-order valence-corrected chi connectivity index (χ2v) is 5.53. The lowest BCUT2D eigenvalue weighted by Crippen LogP contribution is -2.51. The average Bonchev–Trinajstić information content (AvgIpc) is 2.41. The van der Waals surface area contributed by atoms with Crippen molar-refractivity contribution in [3.63, 3.8) is 0 Å². The monoisotopic (exact) mass is 397 g/mol. The highest BCUT2D eigenvalue weighted by Gasteiger charge is 2.30. The largest absolute Gasteiger partial charge is 0.345 e. The minimum Gasteiger partial charge on any atom is -0.345 e. The molecule has 1 aromatic carbocycles. The Labute approximate surface area is 128 Å². The third kappa shape index (κ3) is 3.54. The fraction of sp³-hybridized carbons (Fsp3) is 0.462. The quantitative estimate of drug-likeness (QED) is 0.747. The van der Waals surface area contributed by atoms with Gasteiger partial charge in [-0.3, -0.25) is 4.79 Å². The maximum atomic E-state index is 13.9. The van der Waals surface area contributed by atoms with E-state index in [-0.39, 0.29) is 5.56 Å². The highest BCUT2D eigenvalue weighted by molar-refractivity contribution is 9.09. The molecule has 0 heterocycles. The molecule has 0 bridgehead atoms. The fourth-order valence-corrected chi connectivity index (χ4v) is 3.55. The van der Waals surface area contributed by atoms with Crippen LogP contribution < -0.4 is 5.32 Å². The van der Waals surface area contributed by atoms with Gasteiger partial charge >= 0.3 is 0 Å². The van der Waals surface area contributed by atoms with Crippen molar-refractivity contribution in [3.8, 4) is 0 Å². The molecule has 0 aliphatic heterocycles. The van der Waals surface area contributed by atoms with Gasteiger partial charge in [-0.15, -0.1) is 0 Å². The summed E-state index contributed by atoms with van der Waals surface area (Å²) in [5.41, 5.74) is -0.856. The number of amides is 1. The summed E-state index contributed by atoms with van der Waals surface area (Å²) in [6.45, 7) is 3.39. The van der Waals surface area contributed by atoms with Gasteiger partial charge in [-0.05, 0) is 25.0 Å². The first kappa shape index (κ1) is 16.6. The van der Waals surface area contributed by atoms with Crippen molar-refractivity contribution in [2.24, 2.45) is 0 Å². The fourth-order valence-electron chi connectivity index (χ4n) is 1.55. The van der Waals surface area contributed by atoms with E-state index in [4.69, 9.17) is 0 Å². The molecule has 0 fully saturated rings. The number of aryl methyl sites for hydroxylation is 1. The first-order valence-electron chi connectivity index (χ1n) is 5.80. The molecular formula is C13H15Br2F2NO. The summed E-state index contributed by atoms with van der Waals surface area (Å²) in [6.07, 6.45) is 0.629. The number of carbonyl (C=O) groups is 1. The van der Waals surface area contributed by atoms with Crippen LogP contribution in [0.3, 0.4) is 0 Å². The van der Waals surface area contributed by atoms with Gasteiger partial charge in [0.25, 0.3) is 5.91 Å². The van der Waals surface area contributed by atoms with E-state index in [9.17, 15) is 13.6 Å². The van der Waals surface area contributed by atoms with Gasteiger partial charge in [-0.25, -0.2) is 8.78 Å². The van der Waals surface area contributed by atoms with Crippen molar-refractivity contribution in [2.45, 2.75) is 25.8 Å². The molecule has 0 spiro atoms. The van der Waals surface area contributed by atoms with Crippen LogP contribution in [0.1, 0.15) is 29.3 Å². The van der Waals surface area contributed by atoms with Crippen molar-refractivity contribution >= 4 is 37.8 Å². The molecule has 2 nitrogen and oxygen atoms in total. The van der Waals surface area contributed by atoms with Gasteiger partial charge in [-0.1, -0.05) is 44.8 Å². The zero-order valence-electron chi connectivity index (χ0n) is 10.7. The number of rotatable bonds is 5. The molecule has 6 heteroatoms. The first-order valence-corrected chi connectivity index (χ1v) is 8.04. The Balaban J connectivity index is 3.11. The standard InChI is InChI=1S/C13H15Br2F2NO/c1-3-13(6-14,7-15)18-12(19)10-9(16)5-4-8(2)11(10)17/h4-5H,3,6-7H2,1-2H3,(H,18,19). The van der Waals surface area contributed by atoms with Gasteiger partial charge in [-0.2, -0.15) is 0 Å². The Morgan fingerprint density at radius 2 is 1.89 bits per heavy atom. The molecule has 0 unspecified atom stereocenters. The molecular weight excluding hydrogens is 384 g/mol. The van der Waals surface area contributed by atoms with E-state index in [1.165, 1.54) is 13.0 Å². The average molecular weight is 399 g/mol. The second kappa shape index (κ2) is 6.79. The molecule has 1 N–H and O–H groups in total. The maximum Gasteiger partial charge on any atom is 0.257 e. The minimum absolute atomic E-state index is 0.242. The lowest BCUT2D eigenvalue weighted by molar-refractivity contribution is 0.0906. The molecule has 106 valence electrons. The summed E-state index contributed by atoms with van der Waals surface area (Å²) in [5, 5.41) is 3.67. The highest BCUT2D eigenvalue weighted by atomic mass is 79.9. The Morgan fingerprint density at radius 3 is 2.37 bits per heavy atom. The zero-order valence-corrected chi connectivity index (χ0v) is 13.9. The van der Waals surface area contributed by atoms with E-state index in [2.05, 4.69) is 37.2 Å². The number of halogens is 4. The summed E-state index contributed by atoms with van der Waals surface area (Å²) in [5.74, 6) is -2.40. The highest BCUT2D eigenvalue weighted by Crippen LogP contribution is 2.21. The van der Waals surface area contributed by atoms with Crippen LogP contribution in [0.4, 0.5) is 8.78 Å². The predicted octanol–water partition coefficient (Wildman–Crippen LogP) is 3.94. The molecule has 0 radical (unpaired) electrons. The van der Waals surface area contributed by atoms with E-state index in [1.54, 1.807) is 0 Å². The first-order chi connectivity index (χ1) is 8.90. The van der Waals surface area contributed by atoms with E-state index >= 15 is 0 Å². The molecule has 1 amide bonds. The zero-order chi connectivity index (χ0) is 14.6. The van der Waals surface area contributed by atoms with Crippen molar-refractivity contribution in [3.05, 3.63) is 34.9 Å². The summed E-state index contributed by atoms with van der Waals surface area (Å²) in [6, 6.07) is 2.41. The van der Waals surface area contributed by atoms with E-state index in [0.717, 1.165) is 6.07 Å². The van der Waals surface area contributed by atoms with Gasteiger partial charge in [0.1, 0.15) is 17.2 Å². The smallest absolute Gasteiger partial charge is 0.257 e. The minimum atomic E-state index is -0.852. The van der Waals surface area contributed by atoms with Crippen molar-refractivity contribution in [1.82, 2.24) is 5.32 Å². The number of hydrogen-bond acceptors (Lipinski definition) is 1. The molecule has 1 aromatic rings. The summed E-state index contributed by atoms with van der Waals surface area (Å²) in [4.78, 5) is 12.1. The third-order valence-corrected chi connectivity index (χ3v) is 5.23. The van der Waals surface area contributed by atoms with Gasteiger partial charge in [0.15, 0.2) is 0 Å². The molecule has 0 atom stereocenters. The lowest BCUT2D eigenvalue weighted by atomic mass is 10.0. The van der Waals surface area contributed by atoms with Crippen LogP contribution in [-0.4, -0.2) is 22.1 Å². The lowest BCUT2D eigenvalue weighted by Gasteiger charge is -2.30. The molecule has 0 saturated carbocycles. The van der Waals surface area contributed by atoms with Crippen LogP contribution in [0.5, 0.6) is 0 Å². The van der Waals surface area contributed by atoms with Gasteiger partial charge in [0.2, 0.25) is 0 Å². The van der Waals surface area contributed by atoms with Crippen molar-refractivity contribution < 1.29 is 13.6 Å². The Kier molecular flexibility index (Phi) is 5.92. The number of carbonyl (C=O) groups excluding carboxylic acids is 1. The molecule has 0 saturated heterocycles. The summed E-state index contributed by atoms with van der Waals surface area (Å²) in [7, 11) is 0. The Morgan fingerprint density at radius 1 is 1.32 bits per heavy atom. The number of hydrogen-bond donors (Lipinski definition) is 1. The second-order valence-electron chi connectivity index (χ2n) is 4.41. The SMILES string of the molecule is CCC(CBr)(CBr)NC(=O)c1c(F)ccc(C)c1F. The van der Waals surface area contributed by atoms with Gasteiger partial charge in [0, 0.05) is 10.7 Å². The normalized spacial score (nSPS) is 11.5. The summed E-state index contributed by atoms with van der Waals surface area (Å²) >= 11 is 6.63. The number of benzene rings is 1. The molecule has 0 aromatic heterocycles.